The zero-order valence-electron chi connectivity index (χ0n) is 19.0. The molecule has 0 bridgehead atoms. The maximum Gasteiger partial charge on any atom is 0.360 e. The summed E-state index contributed by atoms with van der Waals surface area (Å²) in [7, 11) is 1.29. The predicted octanol–water partition coefficient (Wildman–Crippen LogP) is 2.17. The Bertz CT molecular complexity index is 1370. The van der Waals surface area contributed by atoms with Crippen LogP contribution in [0.2, 0.25) is 0 Å². The lowest BCUT2D eigenvalue weighted by molar-refractivity contribution is 0.0594. The molecule has 0 amide bonds. The molecular weight excluding hydrogens is 426 g/mol. The van der Waals surface area contributed by atoms with E-state index >= 15 is 0 Å². The summed E-state index contributed by atoms with van der Waals surface area (Å²) in [5, 5.41) is 12.5. The SMILES string of the molecule is CCCc1nc(C)c2c(=O)[nH]c(-c3cc(Cn4cc(C(=O)OC)nn4)ccc3OCC)nn12. The van der Waals surface area contributed by atoms with Crippen LogP contribution in [0.5, 0.6) is 5.75 Å². The highest BCUT2D eigenvalue weighted by Crippen LogP contribution is 2.29. The Kier molecular flexibility index (Phi) is 6.20. The van der Waals surface area contributed by atoms with Crippen LogP contribution in [0, 0.1) is 6.92 Å². The molecule has 0 aliphatic carbocycles. The third-order valence-corrected chi connectivity index (χ3v) is 5.09. The van der Waals surface area contributed by atoms with Crippen LogP contribution in [-0.2, 0) is 17.7 Å². The number of carbonyl (C=O) groups is 1. The number of ether oxygens (including phenoxy) is 2. The summed E-state index contributed by atoms with van der Waals surface area (Å²) < 4.78 is 13.6. The number of methoxy groups -OCH3 is 1. The van der Waals surface area contributed by atoms with Gasteiger partial charge in [0.1, 0.15) is 11.6 Å². The number of aromatic nitrogens is 7. The monoisotopic (exact) mass is 451 g/mol. The number of rotatable bonds is 8. The summed E-state index contributed by atoms with van der Waals surface area (Å²) in [5.41, 5.74) is 2.43. The van der Waals surface area contributed by atoms with Crippen molar-refractivity contribution in [3.05, 3.63) is 57.5 Å². The molecule has 3 aromatic heterocycles. The molecule has 0 aliphatic heterocycles. The van der Waals surface area contributed by atoms with Gasteiger partial charge in [0.05, 0.1) is 37.7 Å². The molecule has 33 heavy (non-hydrogen) atoms. The molecular formula is C22H25N7O4. The fourth-order valence-corrected chi connectivity index (χ4v) is 3.65. The second-order valence-corrected chi connectivity index (χ2v) is 7.48. The van der Waals surface area contributed by atoms with E-state index < -0.39 is 5.97 Å². The van der Waals surface area contributed by atoms with Crippen molar-refractivity contribution >= 4 is 11.5 Å². The van der Waals surface area contributed by atoms with E-state index in [0.29, 0.717) is 47.9 Å². The fraction of sp³-hybridized carbons (Fsp3) is 0.364. The van der Waals surface area contributed by atoms with Crippen LogP contribution in [0.1, 0.15) is 47.8 Å². The summed E-state index contributed by atoms with van der Waals surface area (Å²) in [6.07, 6.45) is 3.10. The first-order valence-corrected chi connectivity index (χ1v) is 10.7. The molecule has 0 fully saturated rings. The molecule has 4 rings (SSSR count). The number of nitrogens with one attached hydrogen (secondary N) is 1. The summed E-state index contributed by atoms with van der Waals surface area (Å²) in [4.78, 5) is 31.9. The van der Waals surface area contributed by atoms with Crippen molar-refractivity contribution < 1.29 is 14.3 Å². The highest BCUT2D eigenvalue weighted by Gasteiger charge is 2.18. The Hall–Kier alpha value is -4.02. The van der Waals surface area contributed by atoms with Gasteiger partial charge < -0.3 is 14.5 Å². The molecule has 0 radical (unpaired) electrons. The lowest BCUT2D eigenvalue weighted by Crippen LogP contribution is -2.16. The number of hydrogen-bond acceptors (Lipinski definition) is 8. The molecule has 1 N–H and O–H groups in total. The normalized spacial score (nSPS) is 11.2. The Morgan fingerprint density at radius 2 is 2.06 bits per heavy atom. The van der Waals surface area contributed by atoms with Gasteiger partial charge in [-0.05, 0) is 38.0 Å². The Balaban J connectivity index is 1.78. The fourth-order valence-electron chi connectivity index (χ4n) is 3.65. The zero-order chi connectivity index (χ0) is 23.5. The van der Waals surface area contributed by atoms with Crippen molar-refractivity contribution in [1.82, 2.24) is 34.6 Å². The average molecular weight is 451 g/mol. The van der Waals surface area contributed by atoms with Crippen LogP contribution in [0.4, 0.5) is 0 Å². The Labute approximate surface area is 189 Å². The van der Waals surface area contributed by atoms with Gasteiger partial charge in [-0.3, -0.25) is 4.79 Å². The molecule has 0 aliphatic rings. The number of fused-ring (bicyclic) bond motifs is 1. The predicted molar refractivity (Wildman–Crippen MR) is 119 cm³/mol. The molecule has 0 unspecified atom stereocenters. The lowest BCUT2D eigenvalue weighted by Gasteiger charge is -2.12. The molecule has 0 spiro atoms. The van der Waals surface area contributed by atoms with E-state index in [0.717, 1.165) is 17.8 Å². The number of carbonyl (C=O) groups excluding carboxylic acids is 1. The number of H-pyrrole nitrogens is 1. The van der Waals surface area contributed by atoms with Crippen molar-refractivity contribution in [2.45, 2.75) is 40.2 Å². The summed E-state index contributed by atoms with van der Waals surface area (Å²) in [6, 6.07) is 5.58. The molecule has 1 aromatic carbocycles. The highest BCUT2D eigenvalue weighted by atomic mass is 16.5. The summed E-state index contributed by atoms with van der Waals surface area (Å²) in [6.45, 7) is 6.55. The van der Waals surface area contributed by atoms with E-state index in [9.17, 15) is 9.59 Å². The van der Waals surface area contributed by atoms with E-state index in [-0.39, 0.29) is 11.3 Å². The third kappa shape index (κ3) is 4.34. The third-order valence-electron chi connectivity index (χ3n) is 5.09. The van der Waals surface area contributed by atoms with Crippen molar-refractivity contribution in [2.75, 3.05) is 13.7 Å². The van der Waals surface area contributed by atoms with Gasteiger partial charge >= 0.3 is 5.97 Å². The van der Waals surface area contributed by atoms with Gasteiger partial charge in [-0.25, -0.2) is 19.0 Å². The number of aromatic amines is 1. The standard InChI is InChI=1S/C22H25N7O4/c1-5-7-18-23-13(3)19-21(30)24-20(26-29(18)19)15-10-14(8-9-17(15)33-6-2)11-28-12-16(25-27-28)22(31)32-4/h8-10,12H,5-7,11H2,1-4H3,(H,24,26,30). The van der Waals surface area contributed by atoms with E-state index in [1.54, 1.807) is 11.4 Å². The molecule has 0 saturated heterocycles. The van der Waals surface area contributed by atoms with Crippen molar-refractivity contribution in [3.8, 4) is 17.1 Å². The van der Waals surface area contributed by atoms with E-state index in [4.69, 9.17) is 9.84 Å². The highest BCUT2D eigenvalue weighted by molar-refractivity contribution is 5.86. The molecule has 4 aromatic rings. The maximum atomic E-state index is 12.9. The number of aryl methyl sites for hydroxylation is 2. The molecule has 0 atom stereocenters. The van der Waals surface area contributed by atoms with Crippen molar-refractivity contribution in [1.29, 1.82) is 0 Å². The van der Waals surface area contributed by atoms with Gasteiger partial charge in [-0.2, -0.15) is 0 Å². The first kappa shape index (κ1) is 22.2. The van der Waals surface area contributed by atoms with Crippen molar-refractivity contribution in [2.24, 2.45) is 0 Å². The minimum absolute atomic E-state index is 0.124. The Morgan fingerprint density at radius 1 is 1.24 bits per heavy atom. The van der Waals surface area contributed by atoms with Crippen LogP contribution < -0.4 is 10.3 Å². The van der Waals surface area contributed by atoms with Gasteiger partial charge in [0.25, 0.3) is 5.56 Å². The van der Waals surface area contributed by atoms with Crippen LogP contribution in [0.25, 0.3) is 16.9 Å². The second-order valence-electron chi connectivity index (χ2n) is 7.48. The minimum Gasteiger partial charge on any atom is -0.493 e. The van der Waals surface area contributed by atoms with E-state index in [2.05, 4.69) is 31.9 Å². The lowest BCUT2D eigenvalue weighted by atomic mass is 10.1. The van der Waals surface area contributed by atoms with Crippen LogP contribution in [0.3, 0.4) is 0 Å². The van der Waals surface area contributed by atoms with Crippen LogP contribution in [0.15, 0.2) is 29.2 Å². The molecule has 172 valence electrons. The number of hydrogen-bond donors (Lipinski definition) is 1. The van der Waals surface area contributed by atoms with Gasteiger partial charge in [-0.1, -0.05) is 18.2 Å². The second kappa shape index (κ2) is 9.23. The van der Waals surface area contributed by atoms with Gasteiger partial charge in [0.2, 0.25) is 0 Å². The number of imidazole rings is 1. The number of esters is 1. The smallest absolute Gasteiger partial charge is 0.360 e. The maximum absolute atomic E-state index is 12.9. The zero-order valence-corrected chi connectivity index (χ0v) is 19.0. The molecule has 11 nitrogen and oxygen atoms in total. The van der Waals surface area contributed by atoms with Crippen LogP contribution in [-0.4, -0.2) is 54.3 Å². The van der Waals surface area contributed by atoms with Crippen LogP contribution >= 0.6 is 0 Å². The topological polar surface area (TPSA) is 129 Å². The largest absolute Gasteiger partial charge is 0.493 e. The molecule has 11 heteroatoms. The number of nitrogens with zero attached hydrogens (tertiary/aromatic N) is 6. The summed E-state index contributed by atoms with van der Waals surface area (Å²) >= 11 is 0. The number of benzene rings is 1. The average Bonchev–Trinajstić information content (AvgIpc) is 3.39. The first-order chi connectivity index (χ1) is 15.9. The minimum atomic E-state index is -0.554. The van der Waals surface area contributed by atoms with Gasteiger partial charge in [0, 0.05) is 6.42 Å². The Morgan fingerprint density at radius 3 is 2.79 bits per heavy atom. The van der Waals surface area contributed by atoms with Gasteiger partial charge in [-0.15, -0.1) is 10.2 Å². The quantitative estimate of drug-likeness (QED) is 0.404. The molecule has 0 saturated carbocycles. The van der Waals surface area contributed by atoms with Gasteiger partial charge in [0.15, 0.2) is 17.0 Å². The van der Waals surface area contributed by atoms with E-state index in [1.165, 1.54) is 18.0 Å². The summed E-state index contributed by atoms with van der Waals surface area (Å²) in [5.74, 6) is 1.15. The first-order valence-electron chi connectivity index (χ1n) is 10.7. The van der Waals surface area contributed by atoms with E-state index in [1.807, 2.05) is 25.1 Å². The van der Waals surface area contributed by atoms with Crippen molar-refractivity contribution in [3.63, 3.8) is 0 Å². The molecule has 3 heterocycles.